The van der Waals surface area contributed by atoms with Gasteiger partial charge >= 0.3 is 0 Å². The van der Waals surface area contributed by atoms with E-state index in [9.17, 15) is 4.39 Å². The quantitative estimate of drug-likeness (QED) is 0.805. The van der Waals surface area contributed by atoms with Crippen LogP contribution in [-0.4, -0.2) is 44.3 Å². The van der Waals surface area contributed by atoms with Crippen LogP contribution in [0.4, 0.5) is 4.39 Å². The van der Waals surface area contributed by atoms with Gasteiger partial charge in [0.15, 0.2) is 0 Å². The van der Waals surface area contributed by atoms with E-state index in [1.165, 1.54) is 11.6 Å². The third-order valence-electron chi connectivity index (χ3n) is 3.33. The Kier molecular flexibility index (Phi) is 5.11. The molecule has 0 aromatic heterocycles. The first-order valence-electron chi connectivity index (χ1n) is 6.51. The van der Waals surface area contributed by atoms with Crippen LogP contribution in [0.1, 0.15) is 11.1 Å². The number of nitrogens with zero attached hydrogens (tertiary/aromatic N) is 1. The Morgan fingerprint density at radius 1 is 1.33 bits per heavy atom. The Morgan fingerprint density at radius 3 is 2.83 bits per heavy atom. The maximum atomic E-state index is 12.9. The average molecular weight is 252 g/mol. The summed E-state index contributed by atoms with van der Waals surface area (Å²) in [5, 5.41) is 3.40. The zero-order valence-electron chi connectivity index (χ0n) is 10.9. The molecule has 2 rings (SSSR count). The molecule has 100 valence electrons. The van der Waals surface area contributed by atoms with Gasteiger partial charge in [-0.2, -0.15) is 0 Å². The largest absolute Gasteiger partial charge is 0.379 e. The van der Waals surface area contributed by atoms with Crippen LogP contribution in [0.5, 0.6) is 0 Å². The summed E-state index contributed by atoms with van der Waals surface area (Å²) in [6.45, 7) is 8.49. The summed E-state index contributed by atoms with van der Waals surface area (Å²) >= 11 is 0. The van der Waals surface area contributed by atoms with Gasteiger partial charge < -0.3 is 10.1 Å². The molecule has 4 heteroatoms. The maximum Gasteiger partial charge on any atom is 0.123 e. The van der Waals surface area contributed by atoms with Crippen molar-refractivity contribution in [2.24, 2.45) is 0 Å². The maximum absolute atomic E-state index is 12.9. The molecule has 1 fully saturated rings. The molecule has 0 unspecified atom stereocenters. The fourth-order valence-corrected chi connectivity index (χ4v) is 2.14. The van der Waals surface area contributed by atoms with E-state index in [1.54, 1.807) is 6.07 Å². The molecule has 0 atom stereocenters. The lowest BCUT2D eigenvalue weighted by Crippen LogP contribution is -2.40. The van der Waals surface area contributed by atoms with Gasteiger partial charge in [-0.15, -0.1) is 0 Å². The molecule has 1 aliphatic heterocycles. The minimum atomic E-state index is -0.162. The molecular formula is C14H21FN2O. The zero-order valence-corrected chi connectivity index (χ0v) is 10.9. The molecule has 1 aromatic carbocycles. The highest BCUT2D eigenvalue weighted by molar-refractivity contribution is 5.26. The second-order valence-corrected chi connectivity index (χ2v) is 4.70. The number of rotatable bonds is 5. The molecule has 1 N–H and O–H groups in total. The van der Waals surface area contributed by atoms with E-state index < -0.39 is 0 Å². The third-order valence-corrected chi connectivity index (χ3v) is 3.33. The zero-order chi connectivity index (χ0) is 12.8. The smallest absolute Gasteiger partial charge is 0.123 e. The van der Waals surface area contributed by atoms with Crippen LogP contribution in [0.2, 0.25) is 0 Å². The van der Waals surface area contributed by atoms with E-state index in [1.807, 2.05) is 13.0 Å². The normalized spacial score (nSPS) is 17.0. The molecule has 0 radical (unpaired) electrons. The van der Waals surface area contributed by atoms with Crippen molar-refractivity contribution >= 4 is 0 Å². The van der Waals surface area contributed by atoms with Gasteiger partial charge in [0.2, 0.25) is 0 Å². The van der Waals surface area contributed by atoms with Crippen molar-refractivity contribution in [1.82, 2.24) is 10.2 Å². The monoisotopic (exact) mass is 252 g/mol. The summed E-state index contributed by atoms with van der Waals surface area (Å²) < 4.78 is 18.2. The average Bonchev–Trinajstić information content (AvgIpc) is 2.38. The molecule has 0 saturated carbocycles. The first kappa shape index (κ1) is 13.5. The number of halogens is 1. The number of nitrogens with one attached hydrogen (secondary N) is 1. The topological polar surface area (TPSA) is 24.5 Å². The molecule has 0 bridgehead atoms. The highest BCUT2D eigenvalue weighted by atomic mass is 19.1. The van der Waals surface area contributed by atoms with E-state index >= 15 is 0 Å². The number of hydrogen-bond acceptors (Lipinski definition) is 3. The van der Waals surface area contributed by atoms with Gasteiger partial charge in [0.05, 0.1) is 13.2 Å². The van der Waals surface area contributed by atoms with E-state index in [0.29, 0.717) is 0 Å². The van der Waals surface area contributed by atoms with E-state index in [-0.39, 0.29) is 5.82 Å². The van der Waals surface area contributed by atoms with Crippen molar-refractivity contribution in [2.45, 2.75) is 13.5 Å². The molecular weight excluding hydrogens is 231 g/mol. The minimum absolute atomic E-state index is 0.162. The number of aryl methyl sites for hydroxylation is 1. The Balaban J connectivity index is 1.68. The Hall–Kier alpha value is -0.970. The lowest BCUT2D eigenvalue weighted by atomic mass is 10.1. The number of hydrogen-bond donors (Lipinski definition) is 1. The standard InChI is InChI=1S/C14H21FN2O/c1-12-10-14(15)3-2-13(12)11-16-4-5-17-6-8-18-9-7-17/h2-3,10,16H,4-9,11H2,1H3. The molecule has 1 saturated heterocycles. The van der Waals surface area contributed by atoms with Crippen LogP contribution in [-0.2, 0) is 11.3 Å². The summed E-state index contributed by atoms with van der Waals surface area (Å²) in [4.78, 5) is 2.40. The van der Waals surface area contributed by atoms with Gasteiger partial charge in [0, 0.05) is 32.7 Å². The molecule has 0 spiro atoms. The van der Waals surface area contributed by atoms with Crippen molar-refractivity contribution in [3.8, 4) is 0 Å². The Labute approximate surface area is 108 Å². The van der Waals surface area contributed by atoms with Crippen LogP contribution < -0.4 is 5.32 Å². The lowest BCUT2D eigenvalue weighted by molar-refractivity contribution is 0.0384. The van der Waals surface area contributed by atoms with E-state index in [2.05, 4.69) is 10.2 Å². The Morgan fingerprint density at radius 2 is 2.11 bits per heavy atom. The number of ether oxygens (including phenoxy) is 1. The summed E-state index contributed by atoms with van der Waals surface area (Å²) in [5.41, 5.74) is 2.17. The lowest BCUT2D eigenvalue weighted by Gasteiger charge is -2.26. The fraction of sp³-hybridized carbons (Fsp3) is 0.571. The van der Waals surface area contributed by atoms with Crippen molar-refractivity contribution in [3.63, 3.8) is 0 Å². The molecule has 3 nitrogen and oxygen atoms in total. The van der Waals surface area contributed by atoms with Gasteiger partial charge in [-0.1, -0.05) is 6.07 Å². The summed E-state index contributed by atoms with van der Waals surface area (Å²) in [6, 6.07) is 4.96. The van der Waals surface area contributed by atoms with Gasteiger partial charge in [-0.3, -0.25) is 4.90 Å². The third kappa shape index (κ3) is 4.05. The van der Waals surface area contributed by atoms with Gasteiger partial charge in [-0.05, 0) is 30.2 Å². The molecule has 0 aliphatic carbocycles. The summed E-state index contributed by atoms with van der Waals surface area (Å²) in [7, 11) is 0. The first-order valence-corrected chi connectivity index (χ1v) is 6.51. The second-order valence-electron chi connectivity index (χ2n) is 4.70. The Bertz CT molecular complexity index is 378. The number of morpholine rings is 1. The second kappa shape index (κ2) is 6.83. The van der Waals surface area contributed by atoms with Gasteiger partial charge in [0.1, 0.15) is 5.82 Å². The molecule has 0 amide bonds. The van der Waals surface area contributed by atoms with Crippen LogP contribution in [0, 0.1) is 12.7 Å². The highest BCUT2D eigenvalue weighted by Gasteiger charge is 2.09. The highest BCUT2D eigenvalue weighted by Crippen LogP contribution is 2.09. The molecule has 1 heterocycles. The molecule has 1 aromatic rings. The van der Waals surface area contributed by atoms with Crippen molar-refractivity contribution in [2.75, 3.05) is 39.4 Å². The summed E-state index contributed by atoms with van der Waals surface area (Å²) in [6.07, 6.45) is 0. The van der Waals surface area contributed by atoms with Gasteiger partial charge in [0.25, 0.3) is 0 Å². The minimum Gasteiger partial charge on any atom is -0.379 e. The predicted octanol–water partition coefficient (Wildman–Crippen LogP) is 1.56. The van der Waals surface area contributed by atoms with Crippen LogP contribution in [0.25, 0.3) is 0 Å². The molecule has 18 heavy (non-hydrogen) atoms. The van der Waals surface area contributed by atoms with Crippen molar-refractivity contribution < 1.29 is 9.13 Å². The SMILES string of the molecule is Cc1cc(F)ccc1CNCCN1CCOCC1. The number of benzene rings is 1. The summed E-state index contributed by atoms with van der Waals surface area (Å²) in [5.74, 6) is -0.162. The predicted molar refractivity (Wildman–Crippen MR) is 70.1 cm³/mol. The van der Waals surface area contributed by atoms with Crippen LogP contribution >= 0.6 is 0 Å². The van der Waals surface area contributed by atoms with Crippen molar-refractivity contribution in [1.29, 1.82) is 0 Å². The molecule has 1 aliphatic rings. The van der Waals surface area contributed by atoms with Crippen LogP contribution in [0.15, 0.2) is 18.2 Å². The van der Waals surface area contributed by atoms with Crippen LogP contribution in [0.3, 0.4) is 0 Å². The van der Waals surface area contributed by atoms with E-state index in [4.69, 9.17) is 4.74 Å². The fourth-order valence-electron chi connectivity index (χ4n) is 2.14. The van der Waals surface area contributed by atoms with Crippen molar-refractivity contribution in [3.05, 3.63) is 35.1 Å². The first-order chi connectivity index (χ1) is 8.75. The van der Waals surface area contributed by atoms with E-state index in [0.717, 1.165) is 51.5 Å². The van der Waals surface area contributed by atoms with Gasteiger partial charge in [-0.25, -0.2) is 4.39 Å².